The SMILES string of the molecule is O=C(NC1(C(=O)NCC(F)(F)F)CC1)c1ccc(C(F)CC(c2cc(Cl)c(Cl)c(Cl)c2)C(F)(F)F)cc1C(F)(F)F. The summed E-state index contributed by atoms with van der Waals surface area (Å²) in [6.07, 6.45) is -19.5. The van der Waals surface area contributed by atoms with Crippen LogP contribution in [0, 0.1) is 0 Å². The fourth-order valence-corrected chi connectivity index (χ4v) is 4.55. The molecule has 0 spiro atoms. The summed E-state index contributed by atoms with van der Waals surface area (Å²) >= 11 is 17.3. The van der Waals surface area contributed by atoms with E-state index < -0.39 is 83.2 Å². The molecule has 1 aliphatic rings. The first-order valence-electron chi connectivity index (χ1n) is 11.4. The van der Waals surface area contributed by atoms with Crippen LogP contribution in [0.2, 0.25) is 15.1 Å². The van der Waals surface area contributed by atoms with Crippen LogP contribution in [-0.2, 0) is 11.0 Å². The molecular weight excluding hydrogens is 645 g/mol. The molecule has 2 unspecified atom stereocenters. The van der Waals surface area contributed by atoms with Crippen LogP contribution in [0.15, 0.2) is 30.3 Å². The summed E-state index contributed by atoms with van der Waals surface area (Å²) in [5.41, 5.74) is -6.17. The topological polar surface area (TPSA) is 58.2 Å². The van der Waals surface area contributed by atoms with Crippen LogP contribution in [0.4, 0.5) is 43.9 Å². The van der Waals surface area contributed by atoms with Crippen LogP contribution in [0.25, 0.3) is 0 Å². The van der Waals surface area contributed by atoms with Gasteiger partial charge in [-0.15, -0.1) is 0 Å². The molecule has 2 amide bonds. The molecule has 0 bridgehead atoms. The maximum Gasteiger partial charge on any atom is 0.417 e. The molecule has 41 heavy (non-hydrogen) atoms. The number of nitrogens with one attached hydrogen (secondary N) is 2. The van der Waals surface area contributed by atoms with Crippen LogP contribution in [-0.4, -0.2) is 36.3 Å². The molecular formula is C24H17Cl3F10N2O2. The Kier molecular flexibility index (Phi) is 9.41. The Bertz CT molecular complexity index is 1300. The molecule has 2 atom stereocenters. The molecule has 0 saturated heterocycles. The van der Waals surface area contributed by atoms with Crippen molar-refractivity contribution in [2.45, 2.75) is 55.4 Å². The highest BCUT2D eigenvalue weighted by molar-refractivity contribution is 6.48. The fourth-order valence-electron chi connectivity index (χ4n) is 3.94. The van der Waals surface area contributed by atoms with E-state index in [1.54, 1.807) is 0 Å². The highest BCUT2D eigenvalue weighted by Crippen LogP contribution is 2.46. The van der Waals surface area contributed by atoms with Gasteiger partial charge >= 0.3 is 18.5 Å². The third-order valence-corrected chi connectivity index (χ3v) is 7.39. The van der Waals surface area contributed by atoms with Gasteiger partial charge in [-0.05, 0) is 54.7 Å². The molecule has 1 fully saturated rings. The van der Waals surface area contributed by atoms with Gasteiger partial charge in [0.15, 0.2) is 0 Å². The van der Waals surface area contributed by atoms with E-state index in [2.05, 4.69) is 0 Å². The molecule has 0 radical (unpaired) electrons. The number of benzene rings is 2. The van der Waals surface area contributed by atoms with Gasteiger partial charge in [-0.25, -0.2) is 4.39 Å². The van der Waals surface area contributed by atoms with Gasteiger partial charge in [0, 0.05) is 0 Å². The van der Waals surface area contributed by atoms with Crippen molar-refractivity contribution in [3.05, 3.63) is 67.7 Å². The lowest BCUT2D eigenvalue weighted by Crippen LogP contribution is -2.51. The third-order valence-electron chi connectivity index (χ3n) is 6.19. The van der Waals surface area contributed by atoms with Gasteiger partial charge in [-0.2, -0.15) is 39.5 Å². The van der Waals surface area contributed by atoms with E-state index in [0.29, 0.717) is 12.1 Å². The molecule has 2 aromatic carbocycles. The lowest BCUT2D eigenvalue weighted by Gasteiger charge is -2.24. The Labute approximate surface area is 240 Å². The van der Waals surface area contributed by atoms with Crippen molar-refractivity contribution in [1.82, 2.24) is 10.6 Å². The van der Waals surface area contributed by atoms with Crippen molar-refractivity contribution in [3.8, 4) is 0 Å². The molecule has 0 aliphatic heterocycles. The number of carbonyl (C=O) groups excluding carboxylic acids is 2. The second-order valence-electron chi connectivity index (χ2n) is 9.23. The maximum absolute atomic E-state index is 15.1. The number of rotatable bonds is 8. The summed E-state index contributed by atoms with van der Waals surface area (Å²) in [5.74, 6) is -5.33. The number of amides is 2. The van der Waals surface area contributed by atoms with E-state index in [1.807, 2.05) is 5.32 Å². The minimum absolute atomic E-state index is 0.151. The van der Waals surface area contributed by atoms with Crippen LogP contribution < -0.4 is 10.6 Å². The van der Waals surface area contributed by atoms with Crippen LogP contribution >= 0.6 is 34.8 Å². The highest BCUT2D eigenvalue weighted by Gasteiger charge is 2.52. The lowest BCUT2D eigenvalue weighted by atomic mass is 9.89. The zero-order valence-corrected chi connectivity index (χ0v) is 22.4. The smallest absolute Gasteiger partial charge is 0.345 e. The highest BCUT2D eigenvalue weighted by atomic mass is 35.5. The number of alkyl halides is 10. The summed E-state index contributed by atoms with van der Waals surface area (Å²) < 4.78 is 135. The van der Waals surface area contributed by atoms with E-state index >= 15 is 4.39 Å². The predicted octanol–water partition coefficient (Wildman–Crippen LogP) is 8.35. The standard InChI is InChI=1S/C24H17Cl3F10N2O2/c25-15-6-11(7-16(26)18(15)27)13(23(32,33)34)8-17(28)10-1-2-12(14(5-10)24(35,36)37)19(40)39-21(3-4-21)20(41)38-9-22(29,30)31/h1-2,5-7,13,17H,3-4,8-9H2,(H,38,41)(H,39,40). The molecule has 2 N–H and O–H groups in total. The molecule has 4 nitrogen and oxygen atoms in total. The van der Waals surface area contributed by atoms with E-state index in [4.69, 9.17) is 34.8 Å². The van der Waals surface area contributed by atoms with Crippen molar-refractivity contribution in [2.24, 2.45) is 0 Å². The molecule has 1 saturated carbocycles. The first-order chi connectivity index (χ1) is 18.6. The first-order valence-corrected chi connectivity index (χ1v) is 12.5. The second-order valence-corrected chi connectivity index (χ2v) is 10.4. The van der Waals surface area contributed by atoms with Crippen LogP contribution in [0.1, 0.15) is 58.4 Å². The monoisotopic (exact) mass is 660 g/mol. The third kappa shape index (κ3) is 8.10. The van der Waals surface area contributed by atoms with Gasteiger partial charge in [-0.1, -0.05) is 40.9 Å². The van der Waals surface area contributed by atoms with Gasteiger partial charge in [0.1, 0.15) is 18.3 Å². The summed E-state index contributed by atoms with van der Waals surface area (Å²) in [5, 5.41) is 2.52. The van der Waals surface area contributed by atoms with Gasteiger partial charge in [0.05, 0.1) is 32.1 Å². The molecule has 226 valence electrons. The molecule has 1 aliphatic carbocycles. The average Bonchev–Trinajstić information content (AvgIpc) is 3.62. The van der Waals surface area contributed by atoms with E-state index in [-0.39, 0.29) is 34.0 Å². The Hall–Kier alpha value is -2.45. The predicted molar refractivity (Wildman–Crippen MR) is 129 cm³/mol. The maximum atomic E-state index is 15.1. The average molecular weight is 662 g/mol. The number of halogens is 13. The Balaban J connectivity index is 1.88. The van der Waals surface area contributed by atoms with Gasteiger partial charge < -0.3 is 10.6 Å². The first kappa shape index (κ1) is 33.1. The minimum Gasteiger partial charge on any atom is -0.345 e. The van der Waals surface area contributed by atoms with Crippen molar-refractivity contribution in [1.29, 1.82) is 0 Å². The zero-order chi connectivity index (χ0) is 31.1. The summed E-state index contributed by atoms with van der Waals surface area (Å²) in [6.45, 7) is -1.74. The summed E-state index contributed by atoms with van der Waals surface area (Å²) in [4.78, 5) is 24.8. The van der Waals surface area contributed by atoms with E-state index in [0.717, 1.165) is 12.1 Å². The van der Waals surface area contributed by atoms with Gasteiger partial charge in [0.2, 0.25) is 5.91 Å². The number of hydrogen-bond acceptors (Lipinski definition) is 2. The van der Waals surface area contributed by atoms with Crippen molar-refractivity contribution in [2.75, 3.05) is 6.54 Å². The Morgan fingerprint density at radius 1 is 0.878 bits per heavy atom. The Morgan fingerprint density at radius 2 is 1.44 bits per heavy atom. The summed E-state index contributed by atoms with van der Waals surface area (Å²) in [6, 6.07) is 2.91. The quantitative estimate of drug-likeness (QED) is 0.221. The lowest BCUT2D eigenvalue weighted by molar-refractivity contribution is -0.155. The fraction of sp³-hybridized carbons (Fsp3) is 0.417. The number of carbonyl (C=O) groups is 2. The molecule has 3 rings (SSSR count). The van der Waals surface area contributed by atoms with E-state index in [1.165, 1.54) is 5.32 Å². The van der Waals surface area contributed by atoms with E-state index in [9.17, 15) is 49.1 Å². The van der Waals surface area contributed by atoms with Crippen LogP contribution in [0.3, 0.4) is 0 Å². The van der Waals surface area contributed by atoms with Crippen molar-refractivity contribution < 1.29 is 53.5 Å². The van der Waals surface area contributed by atoms with Crippen molar-refractivity contribution >= 4 is 46.6 Å². The normalized spacial score (nSPS) is 16.6. The molecule has 0 heterocycles. The summed E-state index contributed by atoms with van der Waals surface area (Å²) in [7, 11) is 0. The molecule has 17 heteroatoms. The van der Waals surface area contributed by atoms with Gasteiger partial charge in [-0.3, -0.25) is 9.59 Å². The largest absolute Gasteiger partial charge is 0.417 e. The number of hydrogen-bond donors (Lipinski definition) is 2. The van der Waals surface area contributed by atoms with Crippen LogP contribution in [0.5, 0.6) is 0 Å². The molecule has 0 aromatic heterocycles. The van der Waals surface area contributed by atoms with Crippen molar-refractivity contribution in [3.63, 3.8) is 0 Å². The second kappa shape index (κ2) is 11.7. The molecule has 2 aromatic rings. The zero-order valence-electron chi connectivity index (χ0n) is 20.1. The Morgan fingerprint density at radius 3 is 1.90 bits per heavy atom. The minimum atomic E-state index is -5.31. The van der Waals surface area contributed by atoms with Gasteiger partial charge in [0.25, 0.3) is 5.91 Å².